The highest BCUT2D eigenvalue weighted by Crippen LogP contribution is 2.34. The number of aryl methyl sites for hydroxylation is 2. The lowest BCUT2D eigenvalue weighted by molar-refractivity contribution is 0.0650. The van der Waals surface area contributed by atoms with Gasteiger partial charge in [0, 0.05) is 37.2 Å². The number of fused-ring (bicyclic) bond motifs is 1. The molecular weight excluding hydrogens is 397 g/mol. The Labute approximate surface area is 181 Å². The van der Waals surface area contributed by atoms with Crippen molar-refractivity contribution in [2.75, 3.05) is 31.2 Å². The van der Waals surface area contributed by atoms with Gasteiger partial charge in [-0.25, -0.2) is 9.37 Å². The quantitative estimate of drug-likeness (QED) is 0.682. The standard InChI is InChI=1S/C23H28FN5O2/c1-14-10-16-12-19(23-25-15(2)28-31-23)22(27-21(16)20(24)11-14)29-7-5-17(6-8-29)26-18-4-3-9-30-13-18/h10-12,17-18,26H,3-9,13H2,1-2H3/t18-/m0/s1. The van der Waals surface area contributed by atoms with E-state index in [1.54, 1.807) is 6.92 Å². The van der Waals surface area contributed by atoms with Crippen LogP contribution < -0.4 is 10.2 Å². The van der Waals surface area contributed by atoms with Crippen LogP contribution in [0.4, 0.5) is 10.2 Å². The number of pyridine rings is 1. The predicted molar refractivity (Wildman–Crippen MR) is 117 cm³/mol. The van der Waals surface area contributed by atoms with Gasteiger partial charge in [0.15, 0.2) is 5.82 Å². The van der Waals surface area contributed by atoms with Crippen LogP contribution in [0.2, 0.25) is 0 Å². The van der Waals surface area contributed by atoms with Crippen molar-refractivity contribution in [3.63, 3.8) is 0 Å². The molecule has 0 unspecified atom stereocenters. The average molecular weight is 426 g/mol. The zero-order valence-electron chi connectivity index (χ0n) is 18.0. The first-order chi connectivity index (χ1) is 15.1. The highest BCUT2D eigenvalue weighted by atomic mass is 19.1. The van der Waals surface area contributed by atoms with Gasteiger partial charge in [-0.15, -0.1) is 0 Å². The Hall–Kier alpha value is -2.58. The van der Waals surface area contributed by atoms with Crippen molar-refractivity contribution in [3.8, 4) is 11.5 Å². The number of hydrogen-bond donors (Lipinski definition) is 1. The van der Waals surface area contributed by atoms with Crippen molar-refractivity contribution < 1.29 is 13.7 Å². The second kappa shape index (κ2) is 8.51. The van der Waals surface area contributed by atoms with Gasteiger partial charge in [0.2, 0.25) is 0 Å². The lowest BCUT2D eigenvalue weighted by atomic mass is 10.0. The Morgan fingerprint density at radius 2 is 1.90 bits per heavy atom. The molecule has 2 aliphatic heterocycles. The molecular formula is C23H28FN5O2. The summed E-state index contributed by atoms with van der Waals surface area (Å²) < 4.78 is 25.8. The molecule has 0 amide bonds. The second-order valence-corrected chi connectivity index (χ2v) is 8.67. The van der Waals surface area contributed by atoms with E-state index in [-0.39, 0.29) is 5.82 Å². The number of anilines is 1. The van der Waals surface area contributed by atoms with Gasteiger partial charge >= 0.3 is 0 Å². The van der Waals surface area contributed by atoms with E-state index in [1.807, 2.05) is 19.1 Å². The predicted octanol–water partition coefficient (Wildman–Crippen LogP) is 3.78. The SMILES string of the molecule is Cc1cc(F)c2nc(N3CCC(N[C@H]4CCCOC4)CC3)c(-c3nc(C)no3)cc2c1. The van der Waals surface area contributed by atoms with E-state index in [0.717, 1.165) is 62.1 Å². The third-order valence-electron chi connectivity index (χ3n) is 6.18. The number of hydrogen-bond acceptors (Lipinski definition) is 7. The van der Waals surface area contributed by atoms with Crippen LogP contribution in [0.25, 0.3) is 22.4 Å². The number of benzene rings is 1. The van der Waals surface area contributed by atoms with E-state index in [9.17, 15) is 4.39 Å². The molecule has 0 spiro atoms. The van der Waals surface area contributed by atoms with E-state index < -0.39 is 0 Å². The molecule has 2 aromatic heterocycles. The highest BCUT2D eigenvalue weighted by molar-refractivity contribution is 5.88. The molecule has 1 atom stereocenters. The molecule has 1 N–H and O–H groups in total. The molecule has 2 fully saturated rings. The molecule has 0 aliphatic carbocycles. The fourth-order valence-electron chi connectivity index (χ4n) is 4.64. The summed E-state index contributed by atoms with van der Waals surface area (Å²) in [5.41, 5.74) is 1.98. The smallest absolute Gasteiger partial charge is 0.261 e. The van der Waals surface area contributed by atoms with Gasteiger partial charge in [0.05, 0.1) is 12.2 Å². The summed E-state index contributed by atoms with van der Waals surface area (Å²) in [5, 5.41) is 8.43. The molecule has 3 aromatic rings. The summed E-state index contributed by atoms with van der Waals surface area (Å²) in [5.74, 6) is 1.38. The molecule has 0 saturated carbocycles. The summed E-state index contributed by atoms with van der Waals surface area (Å²) >= 11 is 0. The molecule has 1 aromatic carbocycles. The second-order valence-electron chi connectivity index (χ2n) is 8.67. The Balaban J connectivity index is 1.43. The molecule has 31 heavy (non-hydrogen) atoms. The molecule has 2 saturated heterocycles. The van der Waals surface area contributed by atoms with Crippen molar-refractivity contribution in [1.82, 2.24) is 20.4 Å². The Morgan fingerprint density at radius 1 is 1.06 bits per heavy atom. The van der Waals surface area contributed by atoms with Crippen LogP contribution in [0.1, 0.15) is 37.1 Å². The molecule has 0 bridgehead atoms. The van der Waals surface area contributed by atoms with Gasteiger partial charge in [-0.05, 0) is 63.3 Å². The van der Waals surface area contributed by atoms with Gasteiger partial charge in [-0.2, -0.15) is 4.98 Å². The average Bonchev–Trinajstić information content (AvgIpc) is 3.20. The summed E-state index contributed by atoms with van der Waals surface area (Å²) in [6.07, 6.45) is 4.28. The van der Waals surface area contributed by atoms with Crippen molar-refractivity contribution in [3.05, 3.63) is 35.4 Å². The summed E-state index contributed by atoms with van der Waals surface area (Å²) in [6.45, 7) is 7.00. The van der Waals surface area contributed by atoms with E-state index in [0.29, 0.717) is 35.1 Å². The number of rotatable bonds is 4. The van der Waals surface area contributed by atoms with Crippen molar-refractivity contribution >= 4 is 16.7 Å². The number of aromatic nitrogens is 3. The van der Waals surface area contributed by atoms with Gasteiger partial charge in [-0.1, -0.05) is 5.16 Å². The van der Waals surface area contributed by atoms with E-state index >= 15 is 0 Å². The van der Waals surface area contributed by atoms with Crippen molar-refractivity contribution in [2.24, 2.45) is 0 Å². The fraction of sp³-hybridized carbons (Fsp3) is 0.522. The van der Waals surface area contributed by atoms with Gasteiger partial charge < -0.3 is 19.5 Å². The molecule has 8 heteroatoms. The van der Waals surface area contributed by atoms with Crippen molar-refractivity contribution in [1.29, 1.82) is 0 Å². The molecule has 164 valence electrons. The largest absolute Gasteiger partial charge is 0.380 e. The fourth-order valence-corrected chi connectivity index (χ4v) is 4.64. The Bertz CT molecular complexity index is 1070. The van der Waals surface area contributed by atoms with Gasteiger partial charge in [-0.3, -0.25) is 0 Å². The number of nitrogens with one attached hydrogen (secondary N) is 1. The van der Waals surface area contributed by atoms with Gasteiger partial charge in [0.25, 0.3) is 5.89 Å². The Morgan fingerprint density at radius 3 is 2.61 bits per heavy atom. The van der Waals surface area contributed by atoms with E-state index in [4.69, 9.17) is 14.2 Å². The van der Waals surface area contributed by atoms with E-state index in [1.165, 1.54) is 12.5 Å². The zero-order chi connectivity index (χ0) is 21.4. The third kappa shape index (κ3) is 4.27. The maximum absolute atomic E-state index is 14.7. The normalized spacial score (nSPS) is 20.5. The van der Waals surface area contributed by atoms with Crippen LogP contribution in [0, 0.1) is 19.7 Å². The molecule has 5 rings (SSSR count). The minimum Gasteiger partial charge on any atom is -0.380 e. The van der Waals surface area contributed by atoms with Crippen LogP contribution in [0.3, 0.4) is 0 Å². The molecule has 2 aliphatic rings. The van der Waals surface area contributed by atoms with E-state index in [2.05, 4.69) is 20.4 Å². The first-order valence-electron chi connectivity index (χ1n) is 11.1. The maximum Gasteiger partial charge on any atom is 0.261 e. The highest BCUT2D eigenvalue weighted by Gasteiger charge is 2.27. The number of piperidine rings is 1. The lowest BCUT2D eigenvalue weighted by Gasteiger charge is -2.36. The van der Waals surface area contributed by atoms with Crippen LogP contribution in [-0.2, 0) is 4.74 Å². The summed E-state index contributed by atoms with van der Waals surface area (Å²) in [7, 11) is 0. The topological polar surface area (TPSA) is 76.3 Å². The first-order valence-corrected chi connectivity index (χ1v) is 11.1. The number of halogens is 1. The zero-order valence-corrected chi connectivity index (χ0v) is 18.0. The van der Waals surface area contributed by atoms with Crippen LogP contribution in [0.5, 0.6) is 0 Å². The van der Waals surface area contributed by atoms with Crippen LogP contribution in [-0.4, -0.2) is 53.5 Å². The number of nitrogens with zero attached hydrogens (tertiary/aromatic N) is 4. The third-order valence-corrected chi connectivity index (χ3v) is 6.18. The van der Waals surface area contributed by atoms with Crippen LogP contribution >= 0.6 is 0 Å². The van der Waals surface area contributed by atoms with Gasteiger partial charge in [0.1, 0.15) is 17.2 Å². The summed E-state index contributed by atoms with van der Waals surface area (Å²) in [6, 6.07) is 6.28. The molecule has 7 nitrogen and oxygen atoms in total. The Kier molecular flexibility index (Phi) is 5.58. The number of ether oxygens (including phenoxy) is 1. The minimum atomic E-state index is -0.307. The van der Waals surface area contributed by atoms with Crippen molar-refractivity contribution in [2.45, 2.75) is 51.6 Å². The molecule has 4 heterocycles. The minimum absolute atomic E-state index is 0.307. The lowest BCUT2D eigenvalue weighted by Crippen LogP contribution is -2.48. The van der Waals surface area contributed by atoms with Crippen LogP contribution in [0.15, 0.2) is 22.7 Å². The monoisotopic (exact) mass is 425 g/mol. The first kappa shape index (κ1) is 20.3. The summed E-state index contributed by atoms with van der Waals surface area (Å²) in [4.78, 5) is 11.4. The molecule has 0 radical (unpaired) electrons. The maximum atomic E-state index is 14.7.